The van der Waals surface area contributed by atoms with Crippen molar-refractivity contribution in [3.63, 3.8) is 0 Å². The van der Waals surface area contributed by atoms with Crippen molar-refractivity contribution in [3.05, 3.63) is 72.9 Å². The molecule has 0 radical (unpaired) electrons. The van der Waals surface area contributed by atoms with Crippen molar-refractivity contribution in [2.45, 2.75) is 303 Å². The number of carbonyl (C=O) groups is 3. The van der Waals surface area contributed by atoms with Gasteiger partial charge in [0.2, 0.25) is 0 Å². The molecule has 0 saturated heterocycles. The van der Waals surface area contributed by atoms with Gasteiger partial charge in [-0.1, -0.05) is 261 Å². The van der Waals surface area contributed by atoms with Crippen molar-refractivity contribution in [2.75, 3.05) is 26.4 Å². The fourth-order valence-corrected chi connectivity index (χ4v) is 9.58. The van der Waals surface area contributed by atoms with Gasteiger partial charge in [0.25, 0.3) is 0 Å². The summed E-state index contributed by atoms with van der Waals surface area (Å²) >= 11 is 0. The van der Waals surface area contributed by atoms with Gasteiger partial charge in [-0.3, -0.25) is 23.4 Å². The van der Waals surface area contributed by atoms with E-state index in [0.29, 0.717) is 25.7 Å². The first-order chi connectivity index (χ1) is 38.2. The molecule has 0 aromatic rings. The van der Waals surface area contributed by atoms with Crippen molar-refractivity contribution in [3.8, 4) is 0 Å². The number of ether oxygens (including phenoxy) is 3. The van der Waals surface area contributed by atoms with Gasteiger partial charge >= 0.3 is 25.7 Å². The van der Waals surface area contributed by atoms with E-state index in [-0.39, 0.29) is 25.9 Å². The third-order valence-corrected chi connectivity index (χ3v) is 14.6. The predicted molar refractivity (Wildman–Crippen MR) is 325 cm³/mol. The van der Waals surface area contributed by atoms with Crippen LogP contribution < -0.4 is 0 Å². The van der Waals surface area contributed by atoms with Gasteiger partial charge in [-0.15, -0.1) is 0 Å². The van der Waals surface area contributed by atoms with Gasteiger partial charge in [-0.25, -0.2) is 4.57 Å². The van der Waals surface area contributed by atoms with Gasteiger partial charge < -0.3 is 24.2 Å². The van der Waals surface area contributed by atoms with Crippen LogP contribution in [0.1, 0.15) is 290 Å². The molecule has 0 aliphatic heterocycles. The van der Waals surface area contributed by atoms with Crippen molar-refractivity contribution in [1.82, 2.24) is 0 Å². The second-order valence-corrected chi connectivity index (χ2v) is 22.7. The molecule has 0 amide bonds. The summed E-state index contributed by atoms with van der Waals surface area (Å²) in [6.45, 7) is 4.51. The van der Waals surface area contributed by atoms with Crippen molar-refractivity contribution in [2.24, 2.45) is 0 Å². The Hall–Kier alpha value is -3.08. The summed E-state index contributed by atoms with van der Waals surface area (Å²) in [5, 5.41) is 9.84. The number of allylic oxidation sites excluding steroid dienone is 12. The van der Waals surface area contributed by atoms with Gasteiger partial charge in [-0.2, -0.15) is 0 Å². The Balaban J connectivity index is 4.75. The lowest BCUT2D eigenvalue weighted by Gasteiger charge is -2.21. The largest absolute Gasteiger partial charge is 0.472 e. The third-order valence-electron chi connectivity index (χ3n) is 13.6. The van der Waals surface area contributed by atoms with E-state index >= 15 is 0 Å². The van der Waals surface area contributed by atoms with E-state index in [1.807, 2.05) is 6.08 Å². The van der Waals surface area contributed by atoms with E-state index in [1.54, 1.807) is 0 Å². The molecule has 0 rings (SSSR count). The van der Waals surface area contributed by atoms with Crippen LogP contribution in [0.5, 0.6) is 0 Å². The molecule has 3 atom stereocenters. The SMILES string of the molecule is CC/C=C\C/C=C\C/C=C\C/C=C\C/C=C\CCCC(=O)OC(COC(=O)CCCCCCCCCCC/C=C\CCCCCCCC)COP(=O)(O)OCC(CO)OC(=O)CCCCCCCCCCCCCCCCC. The lowest BCUT2D eigenvalue weighted by atomic mass is 10.0. The summed E-state index contributed by atoms with van der Waals surface area (Å²) in [6, 6.07) is 0. The van der Waals surface area contributed by atoms with Crippen LogP contribution in [0.2, 0.25) is 0 Å². The molecular weight excluding hydrogens is 1000 g/mol. The lowest BCUT2D eigenvalue weighted by Crippen LogP contribution is -2.30. The summed E-state index contributed by atoms with van der Waals surface area (Å²) in [5.41, 5.74) is 0. The minimum Gasteiger partial charge on any atom is -0.462 e. The molecule has 3 unspecified atom stereocenters. The number of aliphatic hydroxyl groups is 1. The van der Waals surface area contributed by atoms with Gasteiger partial charge in [0.1, 0.15) is 12.7 Å². The first kappa shape index (κ1) is 74.9. The van der Waals surface area contributed by atoms with E-state index in [0.717, 1.165) is 70.6 Å². The number of unbranched alkanes of at least 4 members (excludes halogenated alkanes) is 30. The third kappa shape index (κ3) is 57.6. The highest BCUT2D eigenvalue weighted by Crippen LogP contribution is 2.43. The van der Waals surface area contributed by atoms with Gasteiger partial charge in [0.15, 0.2) is 6.10 Å². The normalized spacial score (nSPS) is 13.8. The zero-order chi connectivity index (χ0) is 56.9. The van der Waals surface area contributed by atoms with Crippen LogP contribution in [0.3, 0.4) is 0 Å². The molecule has 0 aliphatic rings. The van der Waals surface area contributed by atoms with E-state index in [1.165, 1.54) is 154 Å². The maximum Gasteiger partial charge on any atom is 0.472 e. The molecule has 12 heteroatoms. The Morgan fingerprint density at radius 1 is 0.372 bits per heavy atom. The minimum atomic E-state index is -4.77. The monoisotopic (exact) mass is 1120 g/mol. The van der Waals surface area contributed by atoms with Crippen LogP contribution in [0.15, 0.2) is 72.9 Å². The second-order valence-electron chi connectivity index (χ2n) is 21.2. The lowest BCUT2D eigenvalue weighted by molar-refractivity contribution is -0.161. The Morgan fingerprint density at radius 2 is 0.679 bits per heavy atom. The second kappa shape index (κ2) is 60.0. The van der Waals surface area contributed by atoms with Crippen LogP contribution in [-0.2, 0) is 42.2 Å². The smallest absolute Gasteiger partial charge is 0.462 e. The molecule has 0 spiro atoms. The maximum atomic E-state index is 12.9. The summed E-state index contributed by atoms with van der Waals surface area (Å²) in [4.78, 5) is 48.7. The minimum absolute atomic E-state index is 0.0890. The molecule has 0 heterocycles. The molecule has 0 fully saturated rings. The van der Waals surface area contributed by atoms with Crippen LogP contribution in [0.4, 0.5) is 0 Å². The van der Waals surface area contributed by atoms with Crippen LogP contribution in [-0.4, -0.2) is 66.5 Å². The standard InChI is InChI=1S/C66H117O11P/c1-4-7-10-13-16-19-22-25-28-30-31-33-35-37-40-43-46-49-52-55-64(68)73-59-63(77-66(70)57-54-51-48-45-42-39-36-32-29-26-23-20-17-14-11-8-5-2)61-75-78(71,72)74-60-62(58-67)76-65(69)56-53-50-47-44-41-38-34-27-24-21-18-15-12-9-6-3/h8,11,17,20,25-26,28-29,36,39,45,48,62-63,67H,4-7,9-10,12-16,18-19,21-24,27,30-35,37-38,40-44,46-47,49-61H2,1-3H3,(H,71,72)/b11-8-,20-17-,28-25-,29-26-,39-36-,48-45-. The average molecular weight is 1120 g/mol. The van der Waals surface area contributed by atoms with Gasteiger partial charge in [-0.05, 0) is 83.5 Å². The van der Waals surface area contributed by atoms with E-state index in [2.05, 4.69) is 87.6 Å². The van der Waals surface area contributed by atoms with Gasteiger partial charge in [0.05, 0.1) is 19.8 Å². The van der Waals surface area contributed by atoms with Crippen LogP contribution >= 0.6 is 7.82 Å². The quantitative estimate of drug-likeness (QED) is 0.0197. The molecule has 0 aromatic heterocycles. The Labute approximate surface area is 478 Å². The van der Waals surface area contributed by atoms with Crippen molar-refractivity contribution in [1.29, 1.82) is 0 Å². The molecule has 0 aromatic carbocycles. The molecule has 0 saturated carbocycles. The molecule has 2 N–H and O–H groups in total. The van der Waals surface area contributed by atoms with Crippen LogP contribution in [0.25, 0.3) is 0 Å². The summed E-state index contributed by atoms with van der Waals surface area (Å²) in [7, 11) is -4.77. The number of rotatable bonds is 59. The first-order valence-electron chi connectivity index (χ1n) is 31.8. The fourth-order valence-electron chi connectivity index (χ4n) is 8.80. The topological polar surface area (TPSA) is 155 Å². The van der Waals surface area contributed by atoms with Crippen molar-refractivity contribution < 1.29 is 52.2 Å². The predicted octanol–water partition coefficient (Wildman–Crippen LogP) is 19.3. The molecule has 0 aliphatic carbocycles. The van der Waals surface area contributed by atoms with E-state index in [4.69, 9.17) is 23.3 Å². The van der Waals surface area contributed by atoms with Crippen molar-refractivity contribution >= 4 is 25.7 Å². The first-order valence-corrected chi connectivity index (χ1v) is 33.3. The molecule has 78 heavy (non-hydrogen) atoms. The molecule has 0 bridgehead atoms. The zero-order valence-electron chi connectivity index (χ0n) is 50.1. The highest BCUT2D eigenvalue weighted by molar-refractivity contribution is 7.47. The average Bonchev–Trinajstić information content (AvgIpc) is 3.43. The zero-order valence-corrected chi connectivity index (χ0v) is 51.0. The number of esters is 3. The Bertz CT molecular complexity index is 1590. The number of phosphoric acid groups is 1. The highest BCUT2D eigenvalue weighted by atomic mass is 31.2. The summed E-state index contributed by atoms with van der Waals surface area (Å²) in [5.74, 6) is -1.52. The van der Waals surface area contributed by atoms with Crippen LogP contribution in [0, 0.1) is 0 Å². The summed E-state index contributed by atoms with van der Waals surface area (Å²) in [6.07, 6.45) is 68.6. The Morgan fingerprint density at radius 3 is 1.09 bits per heavy atom. The molecular formula is C66H117O11P. The number of hydrogen-bond acceptors (Lipinski definition) is 10. The maximum absolute atomic E-state index is 12.9. The summed E-state index contributed by atoms with van der Waals surface area (Å²) < 4.78 is 39.6. The van der Waals surface area contributed by atoms with E-state index in [9.17, 15) is 28.9 Å². The number of hydrogen-bond donors (Lipinski definition) is 2. The number of phosphoric ester groups is 1. The number of aliphatic hydroxyl groups excluding tert-OH is 1. The molecule has 11 nitrogen and oxygen atoms in total. The van der Waals surface area contributed by atoms with Gasteiger partial charge in [0, 0.05) is 19.3 Å². The fraction of sp³-hybridized carbons (Fsp3) is 0.773. The Kier molecular flexibility index (Phi) is 57.7. The highest BCUT2D eigenvalue weighted by Gasteiger charge is 2.28. The molecule has 452 valence electrons. The number of carbonyl (C=O) groups excluding carboxylic acids is 3. The van der Waals surface area contributed by atoms with E-state index < -0.39 is 57.8 Å².